The Hall–Kier alpha value is -6.16. The maximum Gasteiger partial charge on any atom is 0.143 e. The highest BCUT2D eigenvalue weighted by Crippen LogP contribution is 2.51. The van der Waals surface area contributed by atoms with E-state index in [0.29, 0.717) is 0 Å². The number of nitrogens with zero attached hydrogens (tertiary/aromatic N) is 1. The van der Waals surface area contributed by atoms with Crippen molar-refractivity contribution in [3.05, 3.63) is 167 Å². The van der Waals surface area contributed by atoms with Gasteiger partial charge in [0.15, 0.2) is 0 Å². The van der Waals surface area contributed by atoms with Crippen molar-refractivity contribution >= 4 is 71.2 Å². The Balaban J connectivity index is 1.13. The van der Waals surface area contributed by atoms with Crippen LogP contribution in [0.15, 0.2) is 150 Å². The standard InChI is InChI=1S/C51H35NOS/c1-51(2)43-18-7-3-12-34(43)35-24-22-30(26-44(35)51)41-28-32(29-42-39-15-6-10-21-48(39)54-50(41)42)52-45-19-8-4-13-36(45)37-25-23-31(27-46(37)52)33-16-11-17-40-38-14-5-9-20-47(38)53-49(33)40/h3-9,11-20,22-29H,10,21H2,1-2H3. The van der Waals surface area contributed by atoms with E-state index in [-0.39, 0.29) is 5.41 Å². The fraction of sp³-hybridized carbons (Fsp3) is 0.0980. The molecule has 0 N–H and O–H groups in total. The Labute approximate surface area is 317 Å². The summed E-state index contributed by atoms with van der Waals surface area (Å²) in [5.41, 5.74) is 17.1. The quantitative estimate of drug-likeness (QED) is 0.179. The molecule has 0 unspecified atom stereocenters. The lowest BCUT2D eigenvalue weighted by molar-refractivity contribution is 0.660. The van der Waals surface area contributed by atoms with Crippen molar-refractivity contribution in [3.63, 3.8) is 0 Å². The molecule has 0 aliphatic heterocycles. The topological polar surface area (TPSA) is 18.1 Å². The number of allylic oxidation sites excluding steroid dienone is 1. The van der Waals surface area contributed by atoms with E-state index in [4.69, 9.17) is 4.42 Å². The number of furan rings is 1. The van der Waals surface area contributed by atoms with Gasteiger partial charge in [0, 0.05) is 58.7 Å². The second-order valence-corrected chi connectivity index (χ2v) is 16.7. The zero-order valence-corrected chi connectivity index (χ0v) is 30.9. The molecular formula is C51H35NOS. The van der Waals surface area contributed by atoms with Crippen LogP contribution in [0.3, 0.4) is 0 Å². The predicted octanol–water partition coefficient (Wildman–Crippen LogP) is 14.5. The fourth-order valence-electron chi connectivity index (χ4n) is 9.64. The number of aromatic nitrogens is 1. The van der Waals surface area contributed by atoms with E-state index in [0.717, 1.165) is 45.9 Å². The van der Waals surface area contributed by atoms with Crippen molar-refractivity contribution in [1.29, 1.82) is 0 Å². The SMILES string of the molecule is CC1(C)c2ccccc2-c2ccc(-c3cc(-n4c5ccccc5c5ccc(-c6cccc7c6oc6ccccc67)cc54)cc4c5c(sc34)CCC=C5)cc21. The number of hydrogen-bond acceptors (Lipinski definition) is 2. The molecule has 3 aromatic heterocycles. The maximum atomic E-state index is 6.54. The summed E-state index contributed by atoms with van der Waals surface area (Å²) >= 11 is 1.99. The molecule has 2 aliphatic carbocycles. The first-order valence-corrected chi connectivity index (χ1v) is 19.8. The molecule has 0 fully saturated rings. The minimum Gasteiger partial charge on any atom is -0.455 e. The summed E-state index contributed by atoms with van der Waals surface area (Å²) in [5.74, 6) is 0. The van der Waals surface area contributed by atoms with Gasteiger partial charge < -0.3 is 8.98 Å². The lowest BCUT2D eigenvalue weighted by Gasteiger charge is -2.22. The Morgan fingerprint density at radius 1 is 0.574 bits per heavy atom. The van der Waals surface area contributed by atoms with Crippen LogP contribution in [0.5, 0.6) is 0 Å². The van der Waals surface area contributed by atoms with Gasteiger partial charge in [-0.2, -0.15) is 0 Å². The van der Waals surface area contributed by atoms with Gasteiger partial charge in [0.1, 0.15) is 11.2 Å². The van der Waals surface area contributed by atoms with E-state index >= 15 is 0 Å². The molecular weight excluding hydrogens is 675 g/mol. The van der Waals surface area contributed by atoms with Gasteiger partial charge in [-0.05, 0) is 88.2 Å². The van der Waals surface area contributed by atoms with Crippen molar-refractivity contribution in [3.8, 4) is 39.1 Å². The number of aryl methyl sites for hydroxylation is 1. The molecule has 2 aliphatic rings. The number of benzene rings is 7. The monoisotopic (exact) mass is 709 g/mol. The molecule has 3 heteroatoms. The van der Waals surface area contributed by atoms with E-state index in [1.807, 2.05) is 17.4 Å². The first-order valence-electron chi connectivity index (χ1n) is 19.0. The van der Waals surface area contributed by atoms with Crippen molar-refractivity contribution in [2.45, 2.75) is 32.1 Å². The highest BCUT2D eigenvalue weighted by atomic mass is 32.1. The molecule has 0 bridgehead atoms. The summed E-state index contributed by atoms with van der Waals surface area (Å²) in [6.07, 6.45) is 6.91. The minimum atomic E-state index is -0.0674. The van der Waals surface area contributed by atoms with Crippen molar-refractivity contribution in [1.82, 2.24) is 4.57 Å². The Morgan fingerprint density at radius 3 is 2.26 bits per heavy atom. The molecule has 3 heterocycles. The molecule has 12 rings (SSSR count). The first-order chi connectivity index (χ1) is 26.5. The third-order valence-electron chi connectivity index (χ3n) is 12.3. The molecule has 0 amide bonds. The molecule has 0 radical (unpaired) electrons. The Kier molecular flexibility index (Phi) is 6.14. The zero-order chi connectivity index (χ0) is 35.7. The second-order valence-electron chi connectivity index (χ2n) is 15.5. The van der Waals surface area contributed by atoms with Gasteiger partial charge >= 0.3 is 0 Å². The lowest BCUT2D eigenvalue weighted by atomic mass is 9.81. The average molecular weight is 710 g/mol. The summed E-state index contributed by atoms with van der Waals surface area (Å²) in [6, 6.07) is 51.8. The molecule has 0 saturated carbocycles. The highest BCUT2D eigenvalue weighted by Gasteiger charge is 2.35. The zero-order valence-electron chi connectivity index (χ0n) is 30.1. The smallest absolute Gasteiger partial charge is 0.143 e. The average Bonchev–Trinajstić information content (AvgIpc) is 3.94. The molecule has 0 spiro atoms. The van der Waals surface area contributed by atoms with Gasteiger partial charge in [0.2, 0.25) is 0 Å². The molecule has 2 nitrogen and oxygen atoms in total. The summed E-state index contributed by atoms with van der Waals surface area (Å²) in [7, 11) is 0. The summed E-state index contributed by atoms with van der Waals surface area (Å²) < 4.78 is 10.4. The van der Waals surface area contributed by atoms with Gasteiger partial charge in [-0.3, -0.25) is 0 Å². The minimum absolute atomic E-state index is 0.0674. The van der Waals surface area contributed by atoms with E-state index in [2.05, 4.69) is 164 Å². The summed E-state index contributed by atoms with van der Waals surface area (Å²) in [6.45, 7) is 4.76. The van der Waals surface area contributed by atoms with Crippen LogP contribution in [0, 0.1) is 0 Å². The van der Waals surface area contributed by atoms with Gasteiger partial charge in [-0.15, -0.1) is 11.3 Å². The molecule has 0 saturated heterocycles. The van der Waals surface area contributed by atoms with Crippen LogP contribution in [0.4, 0.5) is 0 Å². The van der Waals surface area contributed by atoms with Crippen LogP contribution in [-0.2, 0) is 11.8 Å². The highest BCUT2D eigenvalue weighted by molar-refractivity contribution is 7.20. The first kappa shape index (κ1) is 30.3. The van der Waals surface area contributed by atoms with E-state index in [9.17, 15) is 0 Å². The van der Waals surface area contributed by atoms with E-state index in [1.54, 1.807) is 0 Å². The summed E-state index contributed by atoms with van der Waals surface area (Å²) in [5, 5.41) is 6.15. The number of hydrogen-bond donors (Lipinski definition) is 0. The second kappa shape index (κ2) is 10.9. The fourth-order valence-corrected chi connectivity index (χ4v) is 11.0. The number of para-hydroxylation sites is 3. The molecule has 54 heavy (non-hydrogen) atoms. The van der Waals surface area contributed by atoms with Crippen molar-refractivity contribution in [2.24, 2.45) is 0 Å². The van der Waals surface area contributed by atoms with Crippen LogP contribution < -0.4 is 0 Å². The van der Waals surface area contributed by atoms with Crippen LogP contribution >= 0.6 is 11.3 Å². The third kappa shape index (κ3) is 4.11. The molecule has 10 aromatic rings. The molecule has 0 atom stereocenters. The largest absolute Gasteiger partial charge is 0.455 e. The number of fused-ring (bicyclic) bond motifs is 12. The van der Waals surface area contributed by atoms with Crippen molar-refractivity contribution < 1.29 is 4.42 Å². The molecule has 7 aromatic carbocycles. The Bertz CT molecular complexity index is 3250. The predicted molar refractivity (Wildman–Crippen MR) is 229 cm³/mol. The molecule has 256 valence electrons. The van der Waals surface area contributed by atoms with Gasteiger partial charge in [-0.25, -0.2) is 0 Å². The summed E-state index contributed by atoms with van der Waals surface area (Å²) in [4.78, 5) is 1.49. The van der Waals surface area contributed by atoms with E-state index < -0.39 is 0 Å². The van der Waals surface area contributed by atoms with Crippen LogP contribution in [0.1, 0.15) is 41.8 Å². The van der Waals surface area contributed by atoms with Crippen LogP contribution in [-0.4, -0.2) is 4.57 Å². The van der Waals surface area contributed by atoms with Crippen molar-refractivity contribution in [2.75, 3.05) is 0 Å². The number of rotatable bonds is 3. The normalized spacial score (nSPS) is 14.4. The van der Waals surface area contributed by atoms with Crippen LogP contribution in [0.25, 0.3) is 99.0 Å². The van der Waals surface area contributed by atoms with Crippen LogP contribution in [0.2, 0.25) is 0 Å². The lowest BCUT2D eigenvalue weighted by Crippen LogP contribution is -2.14. The van der Waals surface area contributed by atoms with Gasteiger partial charge in [0.25, 0.3) is 0 Å². The van der Waals surface area contributed by atoms with Gasteiger partial charge in [0.05, 0.1) is 11.0 Å². The third-order valence-corrected chi connectivity index (χ3v) is 13.6. The maximum absolute atomic E-state index is 6.54. The Morgan fingerprint density at radius 2 is 1.31 bits per heavy atom. The number of thiophene rings is 1. The van der Waals surface area contributed by atoms with Gasteiger partial charge in [-0.1, -0.05) is 129 Å². The van der Waals surface area contributed by atoms with E-state index in [1.165, 1.54) is 81.4 Å².